The minimum absolute atomic E-state index is 0.0474. The number of fused-ring (bicyclic) bond motifs is 3. The number of nitriles is 1. The molecule has 0 aliphatic rings. The molecule has 0 aliphatic carbocycles. The fourth-order valence-corrected chi connectivity index (χ4v) is 3.60. The highest BCUT2D eigenvalue weighted by Gasteiger charge is 2.13. The van der Waals surface area contributed by atoms with Gasteiger partial charge in [0, 0.05) is 10.9 Å². The third-order valence-corrected chi connectivity index (χ3v) is 4.95. The van der Waals surface area contributed by atoms with E-state index in [4.69, 9.17) is 5.26 Å². The largest absolute Gasteiger partial charge is 0.206 e. The molecule has 132 valence electrons. The first kappa shape index (κ1) is 17.2. The van der Waals surface area contributed by atoms with Crippen LogP contribution in [-0.2, 0) is 6.42 Å². The Labute approximate surface area is 156 Å². The van der Waals surface area contributed by atoms with Crippen molar-refractivity contribution in [3.8, 4) is 17.2 Å². The van der Waals surface area contributed by atoms with Crippen molar-refractivity contribution in [1.82, 2.24) is 0 Å². The molecule has 0 amide bonds. The van der Waals surface area contributed by atoms with E-state index in [1.807, 2.05) is 18.2 Å². The predicted molar refractivity (Wildman–Crippen MR) is 106 cm³/mol. The minimum atomic E-state index is -0.642. The first-order valence-corrected chi connectivity index (χ1v) is 8.96. The highest BCUT2D eigenvalue weighted by Crippen LogP contribution is 2.34. The van der Waals surface area contributed by atoms with E-state index >= 15 is 4.39 Å². The molecule has 0 bridgehead atoms. The normalized spacial score (nSPS) is 11.0. The summed E-state index contributed by atoms with van der Waals surface area (Å²) in [6.45, 7) is 2.15. The first-order valence-electron chi connectivity index (χ1n) is 8.96. The molecular formula is C24H17F2N. The van der Waals surface area contributed by atoms with Crippen LogP contribution in [0.15, 0.2) is 60.7 Å². The Morgan fingerprint density at radius 3 is 2.37 bits per heavy atom. The van der Waals surface area contributed by atoms with E-state index < -0.39 is 5.82 Å². The van der Waals surface area contributed by atoms with Crippen molar-refractivity contribution in [1.29, 1.82) is 5.26 Å². The number of hydrogen-bond acceptors (Lipinski definition) is 1. The molecule has 0 aliphatic heterocycles. The third-order valence-electron chi connectivity index (χ3n) is 4.95. The number of rotatable bonds is 3. The van der Waals surface area contributed by atoms with E-state index in [1.165, 1.54) is 17.7 Å². The van der Waals surface area contributed by atoms with Gasteiger partial charge in [0.1, 0.15) is 17.7 Å². The van der Waals surface area contributed by atoms with Gasteiger partial charge in [-0.2, -0.15) is 5.26 Å². The van der Waals surface area contributed by atoms with E-state index in [2.05, 4.69) is 19.1 Å². The van der Waals surface area contributed by atoms with Gasteiger partial charge in [-0.15, -0.1) is 0 Å². The Kier molecular flexibility index (Phi) is 4.33. The van der Waals surface area contributed by atoms with Crippen LogP contribution >= 0.6 is 0 Å². The molecule has 0 atom stereocenters. The van der Waals surface area contributed by atoms with Gasteiger partial charge < -0.3 is 0 Å². The lowest BCUT2D eigenvalue weighted by atomic mass is 9.95. The number of benzene rings is 4. The number of halogens is 2. The third kappa shape index (κ3) is 2.94. The van der Waals surface area contributed by atoms with Gasteiger partial charge in [-0.25, -0.2) is 8.78 Å². The van der Waals surface area contributed by atoms with E-state index in [0.717, 1.165) is 29.0 Å². The molecule has 0 aromatic heterocycles. The molecule has 3 heteroatoms. The lowest BCUT2D eigenvalue weighted by Crippen LogP contribution is -1.91. The summed E-state index contributed by atoms with van der Waals surface area (Å²) in [5, 5.41) is 12.3. The van der Waals surface area contributed by atoms with E-state index in [9.17, 15) is 4.39 Å². The van der Waals surface area contributed by atoms with Crippen molar-refractivity contribution in [2.45, 2.75) is 19.8 Å². The maximum absolute atomic E-state index is 15.2. The van der Waals surface area contributed by atoms with Gasteiger partial charge in [-0.1, -0.05) is 61.9 Å². The Morgan fingerprint density at radius 1 is 0.852 bits per heavy atom. The standard InChI is InChI=1S/C24H17F2N/c1-2-3-15-4-8-19-16(12-15)7-9-22-21(19)11-10-20(24(22)26)17-5-6-18(14-27)23(25)13-17/h4-13H,2-3H2,1H3. The lowest BCUT2D eigenvalue weighted by Gasteiger charge is -2.11. The average molecular weight is 357 g/mol. The van der Waals surface area contributed by atoms with Crippen LogP contribution in [0.2, 0.25) is 0 Å². The fourth-order valence-electron chi connectivity index (χ4n) is 3.60. The Hall–Kier alpha value is -3.25. The highest BCUT2D eigenvalue weighted by atomic mass is 19.1. The smallest absolute Gasteiger partial charge is 0.141 e. The zero-order valence-corrected chi connectivity index (χ0v) is 14.9. The topological polar surface area (TPSA) is 23.8 Å². The van der Waals surface area contributed by atoms with Gasteiger partial charge in [-0.3, -0.25) is 0 Å². The van der Waals surface area contributed by atoms with Crippen LogP contribution in [0.25, 0.3) is 32.7 Å². The maximum Gasteiger partial charge on any atom is 0.141 e. The summed E-state index contributed by atoms with van der Waals surface area (Å²) in [5.74, 6) is -1.02. The maximum atomic E-state index is 15.2. The first-order chi connectivity index (χ1) is 13.1. The van der Waals surface area contributed by atoms with Crippen LogP contribution in [0.4, 0.5) is 8.78 Å². The summed E-state index contributed by atoms with van der Waals surface area (Å²) in [6, 6.07) is 19.5. The molecule has 0 heterocycles. The van der Waals surface area contributed by atoms with Gasteiger partial charge >= 0.3 is 0 Å². The van der Waals surface area contributed by atoms with E-state index in [-0.39, 0.29) is 11.4 Å². The summed E-state index contributed by atoms with van der Waals surface area (Å²) in [7, 11) is 0. The van der Waals surface area contributed by atoms with Crippen LogP contribution in [0.3, 0.4) is 0 Å². The number of hydrogen-bond donors (Lipinski definition) is 0. The van der Waals surface area contributed by atoms with E-state index in [0.29, 0.717) is 16.5 Å². The van der Waals surface area contributed by atoms with Crippen molar-refractivity contribution in [2.75, 3.05) is 0 Å². The second kappa shape index (κ2) is 6.81. The molecule has 4 rings (SSSR count). The molecule has 0 fully saturated rings. The molecule has 0 saturated carbocycles. The average Bonchev–Trinajstić information content (AvgIpc) is 2.68. The molecule has 0 N–H and O–H groups in total. The number of aryl methyl sites for hydroxylation is 1. The van der Waals surface area contributed by atoms with Crippen molar-refractivity contribution in [3.63, 3.8) is 0 Å². The monoisotopic (exact) mass is 357 g/mol. The van der Waals surface area contributed by atoms with Gasteiger partial charge in [0.25, 0.3) is 0 Å². The van der Waals surface area contributed by atoms with E-state index in [1.54, 1.807) is 24.3 Å². The van der Waals surface area contributed by atoms with Crippen LogP contribution in [0.1, 0.15) is 24.5 Å². The highest BCUT2D eigenvalue weighted by molar-refractivity contribution is 6.08. The van der Waals surface area contributed by atoms with Gasteiger partial charge in [0.15, 0.2) is 0 Å². The fraction of sp³-hybridized carbons (Fsp3) is 0.125. The van der Waals surface area contributed by atoms with Gasteiger partial charge in [-0.05, 0) is 45.8 Å². The van der Waals surface area contributed by atoms with Crippen molar-refractivity contribution < 1.29 is 8.78 Å². The van der Waals surface area contributed by atoms with Gasteiger partial charge in [0.2, 0.25) is 0 Å². The summed E-state index contributed by atoms with van der Waals surface area (Å²) >= 11 is 0. The quantitative estimate of drug-likeness (QED) is 0.372. The van der Waals surface area contributed by atoms with Gasteiger partial charge in [0.05, 0.1) is 5.56 Å². The van der Waals surface area contributed by atoms with Crippen LogP contribution in [0, 0.1) is 23.0 Å². The van der Waals surface area contributed by atoms with Crippen molar-refractivity contribution in [3.05, 3.63) is 83.4 Å². The Bertz CT molecular complexity index is 1220. The molecule has 0 spiro atoms. The second-order valence-corrected chi connectivity index (χ2v) is 6.70. The zero-order chi connectivity index (χ0) is 19.0. The Morgan fingerprint density at radius 2 is 1.63 bits per heavy atom. The summed E-state index contributed by atoms with van der Waals surface area (Å²) in [5.41, 5.74) is 1.97. The molecule has 0 saturated heterocycles. The van der Waals surface area contributed by atoms with Crippen LogP contribution in [-0.4, -0.2) is 0 Å². The molecular weight excluding hydrogens is 340 g/mol. The minimum Gasteiger partial charge on any atom is -0.206 e. The molecule has 4 aromatic carbocycles. The molecule has 27 heavy (non-hydrogen) atoms. The van der Waals surface area contributed by atoms with Crippen LogP contribution < -0.4 is 0 Å². The molecule has 0 radical (unpaired) electrons. The molecule has 0 unspecified atom stereocenters. The predicted octanol–water partition coefficient (Wildman–Crippen LogP) is 6.76. The van der Waals surface area contributed by atoms with Crippen LogP contribution in [0.5, 0.6) is 0 Å². The van der Waals surface area contributed by atoms with Crippen molar-refractivity contribution >= 4 is 21.5 Å². The zero-order valence-electron chi connectivity index (χ0n) is 14.9. The summed E-state index contributed by atoms with van der Waals surface area (Å²) < 4.78 is 29.2. The van der Waals surface area contributed by atoms with Crippen molar-refractivity contribution in [2.24, 2.45) is 0 Å². The lowest BCUT2D eigenvalue weighted by molar-refractivity contribution is 0.623. The molecule has 1 nitrogen and oxygen atoms in total. The molecule has 4 aromatic rings. The SMILES string of the molecule is CCCc1ccc2c(ccc3c(F)c(-c4ccc(C#N)c(F)c4)ccc32)c1. The number of nitrogens with zero attached hydrogens (tertiary/aromatic N) is 1. The summed E-state index contributed by atoms with van der Waals surface area (Å²) in [4.78, 5) is 0. The summed E-state index contributed by atoms with van der Waals surface area (Å²) in [6.07, 6.45) is 2.10. The Balaban J connectivity index is 1.89. The second-order valence-electron chi connectivity index (χ2n) is 6.70.